The summed E-state index contributed by atoms with van der Waals surface area (Å²) in [5.74, 6) is 0.405. The Labute approximate surface area is 102 Å². The third-order valence-corrected chi connectivity index (χ3v) is 2.56. The van der Waals surface area contributed by atoms with Crippen LogP contribution in [0.4, 0.5) is 5.82 Å². The van der Waals surface area contributed by atoms with E-state index < -0.39 is 0 Å². The molecule has 1 unspecified atom stereocenters. The summed E-state index contributed by atoms with van der Waals surface area (Å²) in [6, 6.07) is 0. The quantitative estimate of drug-likeness (QED) is 0.740. The fourth-order valence-corrected chi connectivity index (χ4v) is 1.66. The first-order valence-electron chi connectivity index (χ1n) is 5.55. The Hall–Kier alpha value is -1.65. The zero-order valence-corrected chi connectivity index (χ0v) is 11.0. The second-order valence-corrected chi connectivity index (χ2v) is 4.23. The first kappa shape index (κ1) is 13.4. The highest BCUT2D eigenvalue weighted by atomic mass is 16.5. The van der Waals surface area contributed by atoms with Gasteiger partial charge in [0.15, 0.2) is 0 Å². The minimum atomic E-state index is -0.213. The van der Waals surface area contributed by atoms with Gasteiger partial charge >= 0.3 is 5.97 Å². The lowest BCUT2D eigenvalue weighted by molar-refractivity contribution is -0.144. The van der Waals surface area contributed by atoms with Crippen molar-refractivity contribution < 1.29 is 9.53 Å². The van der Waals surface area contributed by atoms with Gasteiger partial charge in [0, 0.05) is 19.8 Å². The number of hydrogen-bond acceptors (Lipinski definition) is 5. The van der Waals surface area contributed by atoms with E-state index in [4.69, 9.17) is 4.74 Å². The van der Waals surface area contributed by atoms with Crippen LogP contribution in [-0.4, -0.2) is 36.6 Å². The van der Waals surface area contributed by atoms with Crippen LogP contribution >= 0.6 is 0 Å². The molecule has 0 N–H and O–H groups in total. The second-order valence-electron chi connectivity index (χ2n) is 4.23. The number of rotatable bonds is 4. The van der Waals surface area contributed by atoms with Crippen LogP contribution in [0.15, 0.2) is 6.20 Å². The van der Waals surface area contributed by atoms with E-state index in [1.165, 1.54) is 7.11 Å². The van der Waals surface area contributed by atoms with Crippen LogP contribution in [0, 0.1) is 19.8 Å². The Morgan fingerprint density at radius 2 is 2.18 bits per heavy atom. The maximum Gasteiger partial charge on any atom is 0.310 e. The standard InChI is InChI=1S/C12H19N3O2/c1-8(12(16)17-5)7-15(4)11-10(3)13-6-9(2)14-11/h6,8H,7H2,1-5H3. The normalized spacial score (nSPS) is 12.1. The first-order valence-corrected chi connectivity index (χ1v) is 5.55. The fourth-order valence-electron chi connectivity index (χ4n) is 1.66. The van der Waals surface area contributed by atoms with Crippen molar-refractivity contribution >= 4 is 11.8 Å². The number of carbonyl (C=O) groups is 1. The largest absolute Gasteiger partial charge is 0.469 e. The van der Waals surface area contributed by atoms with Crippen molar-refractivity contribution in [3.63, 3.8) is 0 Å². The number of methoxy groups -OCH3 is 1. The summed E-state index contributed by atoms with van der Waals surface area (Å²) in [5.41, 5.74) is 1.72. The van der Waals surface area contributed by atoms with Crippen LogP contribution in [0.1, 0.15) is 18.3 Å². The average Bonchev–Trinajstić information content (AvgIpc) is 2.30. The molecule has 0 aliphatic rings. The van der Waals surface area contributed by atoms with E-state index in [0.717, 1.165) is 17.2 Å². The van der Waals surface area contributed by atoms with Gasteiger partial charge < -0.3 is 9.64 Å². The van der Waals surface area contributed by atoms with Gasteiger partial charge in [-0.25, -0.2) is 4.98 Å². The number of aryl methyl sites for hydroxylation is 2. The molecule has 1 rings (SSSR count). The molecule has 0 radical (unpaired) electrons. The molecule has 0 saturated heterocycles. The molecule has 0 bridgehead atoms. The van der Waals surface area contributed by atoms with Gasteiger partial charge in [-0.3, -0.25) is 9.78 Å². The summed E-state index contributed by atoms with van der Waals surface area (Å²) in [7, 11) is 3.30. The predicted molar refractivity (Wildman–Crippen MR) is 66.0 cm³/mol. The molecular weight excluding hydrogens is 218 g/mol. The molecule has 5 nitrogen and oxygen atoms in total. The van der Waals surface area contributed by atoms with Crippen LogP contribution in [-0.2, 0) is 9.53 Å². The maximum absolute atomic E-state index is 11.3. The number of hydrogen-bond donors (Lipinski definition) is 0. The molecule has 0 aliphatic carbocycles. The van der Waals surface area contributed by atoms with E-state index in [1.807, 2.05) is 32.7 Å². The molecular formula is C12H19N3O2. The number of esters is 1. The van der Waals surface area contributed by atoms with Gasteiger partial charge in [-0.2, -0.15) is 0 Å². The molecule has 1 atom stereocenters. The Kier molecular flexibility index (Phi) is 4.43. The van der Waals surface area contributed by atoms with Crippen LogP contribution in [0.25, 0.3) is 0 Å². The SMILES string of the molecule is COC(=O)C(C)CN(C)c1nc(C)cnc1C. The van der Waals surface area contributed by atoms with Crippen molar-refractivity contribution in [3.8, 4) is 0 Å². The van der Waals surface area contributed by atoms with Crippen LogP contribution in [0.2, 0.25) is 0 Å². The van der Waals surface area contributed by atoms with E-state index in [-0.39, 0.29) is 11.9 Å². The Morgan fingerprint density at radius 3 is 2.76 bits per heavy atom. The summed E-state index contributed by atoms with van der Waals surface area (Å²) >= 11 is 0. The van der Waals surface area contributed by atoms with E-state index in [1.54, 1.807) is 6.20 Å². The van der Waals surface area contributed by atoms with Crippen LogP contribution in [0.5, 0.6) is 0 Å². The Bertz CT molecular complexity index is 407. The second kappa shape index (κ2) is 5.61. The summed E-state index contributed by atoms with van der Waals surface area (Å²) in [6.07, 6.45) is 1.73. The van der Waals surface area contributed by atoms with Gasteiger partial charge in [-0.15, -0.1) is 0 Å². The molecule has 94 valence electrons. The summed E-state index contributed by atoms with van der Waals surface area (Å²) in [4.78, 5) is 21.9. The van der Waals surface area contributed by atoms with Crippen LogP contribution in [0.3, 0.4) is 0 Å². The summed E-state index contributed by atoms with van der Waals surface area (Å²) < 4.78 is 4.70. The van der Waals surface area contributed by atoms with Crippen molar-refractivity contribution in [2.24, 2.45) is 5.92 Å². The molecule has 1 aromatic rings. The molecule has 5 heteroatoms. The molecule has 1 heterocycles. The average molecular weight is 237 g/mol. The van der Waals surface area contributed by atoms with E-state index in [0.29, 0.717) is 6.54 Å². The smallest absolute Gasteiger partial charge is 0.310 e. The maximum atomic E-state index is 11.3. The lowest BCUT2D eigenvalue weighted by atomic mass is 10.1. The number of ether oxygens (including phenoxy) is 1. The molecule has 0 spiro atoms. The van der Waals surface area contributed by atoms with Gasteiger partial charge in [0.05, 0.1) is 24.4 Å². The van der Waals surface area contributed by atoms with E-state index in [9.17, 15) is 4.79 Å². The van der Waals surface area contributed by atoms with Crippen LogP contribution < -0.4 is 4.90 Å². The zero-order valence-electron chi connectivity index (χ0n) is 11.0. The van der Waals surface area contributed by atoms with Crippen molar-refractivity contribution in [1.82, 2.24) is 9.97 Å². The predicted octanol–water partition coefficient (Wildman–Crippen LogP) is 1.34. The van der Waals surface area contributed by atoms with Crippen molar-refractivity contribution in [1.29, 1.82) is 0 Å². The summed E-state index contributed by atoms with van der Waals surface area (Å²) in [6.45, 7) is 6.20. The highest BCUT2D eigenvalue weighted by molar-refractivity contribution is 5.72. The monoisotopic (exact) mass is 237 g/mol. The number of anilines is 1. The van der Waals surface area contributed by atoms with E-state index in [2.05, 4.69) is 9.97 Å². The lowest BCUT2D eigenvalue weighted by Crippen LogP contribution is -2.30. The highest BCUT2D eigenvalue weighted by Crippen LogP contribution is 2.15. The molecule has 0 fully saturated rings. The Morgan fingerprint density at radius 1 is 1.53 bits per heavy atom. The van der Waals surface area contributed by atoms with Gasteiger partial charge in [0.1, 0.15) is 5.82 Å². The van der Waals surface area contributed by atoms with Gasteiger partial charge in [-0.1, -0.05) is 6.92 Å². The molecule has 0 aliphatic heterocycles. The van der Waals surface area contributed by atoms with Gasteiger partial charge in [0.25, 0.3) is 0 Å². The van der Waals surface area contributed by atoms with Gasteiger partial charge in [0.2, 0.25) is 0 Å². The molecule has 17 heavy (non-hydrogen) atoms. The number of carbonyl (C=O) groups excluding carboxylic acids is 1. The van der Waals surface area contributed by atoms with Crippen molar-refractivity contribution in [2.45, 2.75) is 20.8 Å². The van der Waals surface area contributed by atoms with Crippen molar-refractivity contribution in [3.05, 3.63) is 17.6 Å². The highest BCUT2D eigenvalue weighted by Gasteiger charge is 2.17. The van der Waals surface area contributed by atoms with Crippen molar-refractivity contribution in [2.75, 3.05) is 25.6 Å². The zero-order chi connectivity index (χ0) is 13.0. The molecule has 1 aromatic heterocycles. The van der Waals surface area contributed by atoms with E-state index >= 15 is 0 Å². The van der Waals surface area contributed by atoms with Gasteiger partial charge in [-0.05, 0) is 13.8 Å². The Balaban J connectivity index is 2.79. The first-order chi connectivity index (χ1) is 7.95. The fraction of sp³-hybridized carbons (Fsp3) is 0.583. The number of aromatic nitrogens is 2. The third-order valence-electron chi connectivity index (χ3n) is 2.56. The molecule has 0 aromatic carbocycles. The number of nitrogens with zero attached hydrogens (tertiary/aromatic N) is 3. The minimum absolute atomic E-state index is 0.188. The molecule has 0 amide bonds. The topological polar surface area (TPSA) is 55.3 Å². The lowest BCUT2D eigenvalue weighted by Gasteiger charge is -2.22. The summed E-state index contributed by atoms with van der Waals surface area (Å²) in [5, 5.41) is 0. The molecule has 0 saturated carbocycles. The third kappa shape index (κ3) is 3.41. The minimum Gasteiger partial charge on any atom is -0.469 e.